The van der Waals surface area contributed by atoms with E-state index in [9.17, 15) is 18.0 Å². The highest BCUT2D eigenvalue weighted by atomic mass is 19.4. The van der Waals surface area contributed by atoms with Gasteiger partial charge in [0.15, 0.2) is 5.82 Å². The summed E-state index contributed by atoms with van der Waals surface area (Å²) in [4.78, 5) is 12.0. The van der Waals surface area contributed by atoms with Crippen molar-refractivity contribution in [3.8, 4) is 0 Å². The second kappa shape index (κ2) is 5.34. The van der Waals surface area contributed by atoms with Crippen LogP contribution in [0.3, 0.4) is 0 Å². The molecule has 0 spiro atoms. The van der Waals surface area contributed by atoms with Gasteiger partial charge in [-0.25, -0.2) is 0 Å². The van der Waals surface area contributed by atoms with Crippen LogP contribution in [0.4, 0.5) is 24.7 Å². The van der Waals surface area contributed by atoms with E-state index in [2.05, 4.69) is 15.5 Å². The second-order valence-corrected chi connectivity index (χ2v) is 5.19. The van der Waals surface area contributed by atoms with Crippen LogP contribution in [-0.4, -0.2) is 22.3 Å². The summed E-state index contributed by atoms with van der Waals surface area (Å²) >= 11 is 0. The van der Waals surface area contributed by atoms with Crippen molar-refractivity contribution in [3.05, 3.63) is 5.69 Å². The lowest BCUT2D eigenvalue weighted by Gasteiger charge is -2.28. The molecule has 1 amide bonds. The topological polar surface area (TPSA) is 83.8 Å². The Labute approximate surface area is 114 Å². The van der Waals surface area contributed by atoms with Crippen molar-refractivity contribution in [1.29, 1.82) is 0 Å². The summed E-state index contributed by atoms with van der Waals surface area (Å²) in [6.45, 7) is 1.71. The van der Waals surface area contributed by atoms with Gasteiger partial charge >= 0.3 is 6.18 Å². The molecule has 20 heavy (non-hydrogen) atoms. The first-order valence-corrected chi connectivity index (χ1v) is 6.47. The largest absolute Gasteiger partial charge is 0.394 e. The number of amides is 1. The smallest absolute Gasteiger partial charge is 0.391 e. The molecule has 1 aliphatic carbocycles. The number of nitrogens with zero attached hydrogens (tertiary/aromatic N) is 1. The number of rotatable bonds is 2. The monoisotopic (exact) mass is 290 g/mol. The van der Waals surface area contributed by atoms with Crippen molar-refractivity contribution >= 4 is 17.4 Å². The number of alkyl halides is 3. The number of H-pyrrole nitrogens is 1. The SMILES string of the molecule is Cc1[nH]nc(NC(=O)C2CCC(C(F)(F)F)CC2)c1N. The molecule has 8 heteroatoms. The Bertz CT molecular complexity index is 489. The van der Waals surface area contributed by atoms with Crippen LogP contribution in [0.2, 0.25) is 0 Å². The Morgan fingerprint density at radius 3 is 2.40 bits per heavy atom. The zero-order valence-corrected chi connectivity index (χ0v) is 11.0. The summed E-state index contributed by atoms with van der Waals surface area (Å²) < 4.78 is 37.6. The van der Waals surface area contributed by atoms with Crippen LogP contribution in [0.5, 0.6) is 0 Å². The van der Waals surface area contributed by atoms with E-state index in [-0.39, 0.29) is 37.4 Å². The number of aryl methyl sites for hydroxylation is 1. The van der Waals surface area contributed by atoms with Crippen molar-refractivity contribution in [1.82, 2.24) is 10.2 Å². The van der Waals surface area contributed by atoms with Crippen molar-refractivity contribution in [2.75, 3.05) is 11.1 Å². The maximum atomic E-state index is 12.5. The molecule has 1 aromatic rings. The van der Waals surface area contributed by atoms with Crippen molar-refractivity contribution in [3.63, 3.8) is 0 Å². The van der Waals surface area contributed by atoms with Gasteiger partial charge in [-0.15, -0.1) is 0 Å². The quantitative estimate of drug-likeness (QED) is 0.782. The molecule has 2 rings (SSSR count). The standard InChI is InChI=1S/C12H17F3N4O/c1-6-9(16)10(19-18-6)17-11(20)7-2-4-8(5-3-7)12(13,14)15/h7-8H,2-5,16H2,1H3,(H2,17,18,19,20). The van der Waals surface area contributed by atoms with E-state index < -0.39 is 18.0 Å². The van der Waals surface area contributed by atoms with Gasteiger partial charge in [0.05, 0.1) is 17.3 Å². The van der Waals surface area contributed by atoms with E-state index in [1.54, 1.807) is 6.92 Å². The van der Waals surface area contributed by atoms with Crippen molar-refractivity contribution < 1.29 is 18.0 Å². The number of aromatic nitrogens is 2. The Kier molecular flexibility index (Phi) is 3.92. The van der Waals surface area contributed by atoms with Gasteiger partial charge in [-0.05, 0) is 32.6 Å². The summed E-state index contributed by atoms with van der Waals surface area (Å²) in [7, 11) is 0. The number of nitrogens with one attached hydrogen (secondary N) is 2. The molecule has 1 aromatic heterocycles. The lowest BCUT2D eigenvalue weighted by Crippen LogP contribution is -2.32. The third-order valence-corrected chi connectivity index (χ3v) is 3.80. The summed E-state index contributed by atoms with van der Waals surface area (Å²) in [6.07, 6.45) is -3.70. The summed E-state index contributed by atoms with van der Waals surface area (Å²) in [6, 6.07) is 0. The predicted octanol–water partition coefficient (Wildman–Crippen LogP) is 2.61. The first kappa shape index (κ1) is 14.7. The molecule has 0 bridgehead atoms. The molecule has 0 aliphatic heterocycles. The maximum absolute atomic E-state index is 12.5. The van der Waals surface area contributed by atoms with Crippen LogP contribution in [0.1, 0.15) is 31.4 Å². The van der Waals surface area contributed by atoms with Crippen LogP contribution in [0.15, 0.2) is 0 Å². The average molecular weight is 290 g/mol. The minimum Gasteiger partial charge on any atom is -0.394 e. The van der Waals surface area contributed by atoms with Gasteiger partial charge in [0.1, 0.15) is 0 Å². The van der Waals surface area contributed by atoms with Gasteiger partial charge < -0.3 is 11.1 Å². The summed E-state index contributed by atoms with van der Waals surface area (Å²) in [5.74, 6) is -1.77. The van der Waals surface area contributed by atoms with Crippen molar-refractivity contribution in [2.45, 2.75) is 38.8 Å². The molecular weight excluding hydrogens is 273 g/mol. The lowest BCUT2D eigenvalue weighted by molar-refractivity contribution is -0.184. The van der Waals surface area contributed by atoms with Gasteiger partial charge in [-0.3, -0.25) is 9.89 Å². The van der Waals surface area contributed by atoms with Crippen LogP contribution >= 0.6 is 0 Å². The molecule has 1 fully saturated rings. The Balaban J connectivity index is 1.91. The predicted molar refractivity (Wildman–Crippen MR) is 67.9 cm³/mol. The number of hydrogen-bond acceptors (Lipinski definition) is 3. The Hall–Kier alpha value is -1.73. The summed E-state index contributed by atoms with van der Waals surface area (Å²) in [5.41, 5.74) is 6.69. The fourth-order valence-electron chi connectivity index (χ4n) is 2.43. The number of aromatic amines is 1. The molecule has 0 unspecified atom stereocenters. The van der Waals surface area contributed by atoms with E-state index in [0.29, 0.717) is 11.4 Å². The average Bonchev–Trinajstić information content (AvgIpc) is 2.70. The first-order chi connectivity index (χ1) is 9.29. The number of carbonyl (C=O) groups excluding carboxylic acids is 1. The zero-order chi connectivity index (χ0) is 14.9. The minimum absolute atomic E-state index is 0.00331. The second-order valence-electron chi connectivity index (χ2n) is 5.19. The molecule has 0 atom stereocenters. The van der Waals surface area contributed by atoms with E-state index >= 15 is 0 Å². The van der Waals surface area contributed by atoms with Gasteiger partial charge in [-0.1, -0.05) is 0 Å². The molecular formula is C12H17F3N4O. The fraction of sp³-hybridized carbons (Fsp3) is 0.667. The highest BCUT2D eigenvalue weighted by molar-refractivity contribution is 5.94. The molecule has 4 N–H and O–H groups in total. The molecule has 0 saturated heterocycles. The molecule has 1 aliphatic rings. The van der Waals surface area contributed by atoms with E-state index in [1.807, 2.05) is 0 Å². The molecule has 0 radical (unpaired) electrons. The number of carbonyl (C=O) groups is 1. The highest BCUT2D eigenvalue weighted by Gasteiger charge is 2.42. The normalized spacial score (nSPS) is 23.6. The number of hydrogen-bond donors (Lipinski definition) is 3. The van der Waals surface area contributed by atoms with Gasteiger partial charge in [-0.2, -0.15) is 18.3 Å². The third-order valence-electron chi connectivity index (χ3n) is 3.80. The molecule has 1 saturated carbocycles. The number of nitrogen functional groups attached to an aromatic ring is 1. The molecule has 0 aromatic carbocycles. The van der Waals surface area contributed by atoms with Gasteiger partial charge in [0.2, 0.25) is 5.91 Å². The zero-order valence-electron chi connectivity index (χ0n) is 11.0. The number of anilines is 2. The van der Waals surface area contributed by atoms with Gasteiger partial charge in [0.25, 0.3) is 0 Å². The minimum atomic E-state index is -4.16. The Morgan fingerprint density at radius 2 is 1.95 bits per heavy atom. The summed E-state index contributed by atoms with van der Waals surface area (Å²) in [5, 5.41) is 9.04. The van der Waals surface area contributed by atoms with E-state index in [0.717, 1.165) is 0 Å². The first-order valence-electron chi connectivity index (χ1n) is 6.47. The lowest BCUT2D eigenvalue weighted by atomic mass is 9.81. The number of nitrogens with two attached hydrogens (primary N) is 1. The van der Waals surface area contributed by atoms with Crippen LogP contribution in [-0.2, 0) is 4.79 Å². The van der Waals surface area contributed by atoms with Crippen molar-refractivity contribution in [2.24, 2.45) is 11.8 Å². The molecule has 5 nitrogen and oxygen atoms in total. The molecule has 1 heterocycles. The van der Waals surface area contributed by atoms with Gasteiger partial charge in [0, 0.05) is 5.92 Å². The van der Waals surface area contributed by atoms with Crippen LogP contribution in [0.25, 0.3) is 0 Å². The number of halogens is 3. The van der Waals surface area contributed by atoms with E-state index in [4.69, 9.17) is 5.73 Å². The van der Waals surface area contributed by atoms with E-state index in [1.165, 1.54) is 0 Å². The molecule has 112 valence electrons. The maximum Gasteiger partial charge on any atom is 0.391 e. The van der Waals surface area contributed by atoms with Crippen LogP contribution in [0, 0.1) is 18.8 Å². The third kappa shape index (κ3) is 3.05. The van der Waals surface area contributed by atoms with Crippen LogP contribution < -0.4 is 11.1 Å². The Morgan fingerprint density at radius 1 is 1.35 bits per heavy atom. The fourth-order valence-corrected chi connectivity index (χ4v) is 2.43. The highest BCUT2D eigenvalue weighted by Crippen LogP contribution is 2.39.